The maximum atomic E-state index is 13.2. The summed E-state index contributed by atoms with van der Waals surface area (Å²) >= 11 is 6.53. The van der Waals surface area contributed by atoms with Crippen molar-refractivity contribution in [2.24, 2.45) is 11.3 Å². The fraction of sp³-hybridized carbons (Fsp3) is 0.485. The molecule has 2 aliphatic rings. The molecule has 0 amide bonds. The zero-order valence-electron chi connectivity index (χ0n) is 26.1. The Hall–Kier alpha value is -3.27. The van der Waals surface area contributed by atoms with E-state index >= 15 is 0 Å². The maximum absolute atomic E-state index is 13.2. The van der Waals surface area contributed by atoms with E-state index in [9.17, 15) is 4.57 Å². The van der Waals surface area contributed by atoms with Crippen molar-refractivity contribution < 1.29 is 9.30 Å². The molecular formula is C33H42ClN6O2P. The molecule has 2 fully saturated rings. The van der Waals surface area contributed by atoms with Gasteiger partial charge in [0.1, 0.15) is 17.9 Å². The molecule has 2 heterocycles. The summed E-state index contributed by atoms with van der Waals surface area (Å²) < 4.78 is 19.0. The highest BCUT2D eigenvalue weighted by molar-refractivity contribution is 7.70. The van der Waals surface area contributed by atoms with Gasteiger partial charge in [-0.3, -0.25) is 0 Å². The molecule has 10 heteroatoms. The highest BCUT2D eigenvalue weighted by Gasteiger charge is 2.45. The van der Waals surface area contributed by atoms with Gasteiger partial charge in [-0.15, -0.1) is 0 Å². The predicted molar refractivity (Wildman–Crippen MR) is 178 cm³/mol. The third-order valence-corrected chi connectivity index (χ3v) is 11.2. The number of hydrogen-bond acceptors (Lipinski definition) is 8. The molecule has 0 unspecified atom stereocenters. The molecule has 2 aromatic carbocycles. The third-order valence-electron chi connectivity index (χ3n) is 9.25. The third kappa shape index (κ3) is 6.49. The van der Waals surface area contributed by atoms with Crippen LogP contribution in [0.5, 0.6) is 5.75 Å². The van der Waals surface area contributed by atoms with Crippen LogP contribution in [0.4, 0.5) is 28.8 Å². The first-order valence-corrected chi connectivity index (χ1v) is 18.0. The molecule has 5 rings (SSSR count). The van der Waals surface area contributed by atoms with Gasteiger partial charge in [0.15, 0.2) is 5.82 Å². The van der Waals surface area contributed by atoms with Gasteiger partial charge >= 0.3 is 0 Å². The Morgan fingerprint density at radius 3 is 2.51 bits per heavy atom. The largest absolute Gasteiger partial charge is 0.494 e. The minimum atomic E-state index is -2.58. The summed E-state index contributed by atoms with van der Waals surface area (Å²) in [4.78, 5) is 11.6. The quantitative estimate of drug-likeness (QED) is 0.232. The molecule has 1 aromatic heterocycles. The number of aromatic nitrogens is 2. The van der Waals surface area contributed by atoms with E-state index in [1.165, 1.54) is 36.9 Å². The Morgan fingerprint density at radius 1 is 1.16 bits per heavy atom. The van der Waals surface area contributed by atoms with E-state index in [2.05, 4.69) is 45.6 Å². The van der Waals surface area contributed by atoms with Gasteiger partial charge < -0.3 is 24.8 Å². The number of halogens is 1. The minimum Gasteiger partial charge on any atom is -0.494 e. The molecule has 1 saturated carbocycles. The van der Waals surface area contributed by atoms with E-state index in [4.69, 9.17) is 26.6 Å². The zero-order valence-corrected chi connectivity index (χ0v) is 27.7. The Kier molecular flexibility index (Phi) is 8.97. The van der Waals surface area contributed by atoms with Crippen LogP contribution in [0.25, 0.3) is 0 Å². The Balaban J connectivity index is 1.37. The van der Waals surface area contributed by atoms with E-state index in [1.807, 2.05) is 26.0 Å². The molecule has 228 valence electrons. The fourth-order valence-corrected chi connectivity index (χ4v) is 8.72. The van der Waals surface area contributed by atoms with Crippen molar-refractivity contribution in [3.63, 3.8) is 0 Å². The lowest BCUT2D eigenvalue weighted by atomic mass is 9.57. The standard InChI is InChI=1S/C33H42ClN6O2P/c1-7-24-16-27(29(42-4)17-28(24)40-14-11-33(12-15-40)18-23(19-33)10-13-35)38-32-36-20-25(34)31(39-32)37-26-9-8-21(2)22(3)30(26)43(5,6)41/h8-9,16-17,20,23H,7,10-12,14-15,18-19H2,1-6H3,(H2,36,37,38,39). The van der Waals surface area contributed by atoms with E-state index in [-0.39, 0.29) is 0 Å². The normalized spacial score (nSPS) is 16.5. The Labute approximate surface area is 260 Å². The zero-order chi connectivity index (χ0) is 30.9. The van der Waals surface area contributed by atoms with E-state index in [0.29, 0.717) is 40.3 Å². The molecule has 0 atom stereocenters. The SMILES string of the molecule is CCc1cc(Nc2ncc(Cl)c(Nc3ccc(C)c(C)c3P(C)(C)=O)n2)c(OC)cc1N1CCC2(CC1)CC(CC#N)C2. The van der Waals surface area contributed by atoms with Gasteiger partial charge in [-0.25, -0.2) is 4.98 Å². The average Bonchev–Trinajstić information content (AvgIpc) is 2.95. The van der Waals surface area contributed by atoms with Gasteiger partial charge in [0.05, 0.1) is 30.8 Å². The molecule has 1 spiro atoms. The second-order valence-corrected chi connectivity index (χ2v) is 16.1. The minimum absolute atomic E-state index is 0.363. The molecule has 0 bridgehead atoms. The van der Waals surface area contributed by atoms with E-state index < -0.39 is 7.14 Å². The molecule has 1 saturated heterocycles. The lowest BCUT2D eigenvalue weighted by molar-refractivity contribution is 0.0306. The lowest BCUT2D eigenvalue weighted by Crippen LogP contribution is -2.47. The number of aryl methyl sites for hydroxylation is 2. The van der Waals surface area contributed by atoms with Gasteiger partial charge in [0, 0.05) is 36.6 Å². The van der Waals surface area contributed by atoms with Crippen LogP contribution in [0.15, 0.2) is 30.5 Å². The molecule has 2 N–H and O–H groups in total. The number of nitriles is 1. The first-order chi connectivity index (χ1) is 20.5. The summed E-state index contributed by atoms with van der Waals surface area (Å²) in [7, 11) is -0.908. The average molecular weight is 621 g/mol. The first kappa shape index (κ1) is 31.2. The van der Waals surface area contributed by atoms with Crippen LogP contribution in [-0.2, 0) is 11.0 Å². The van der Waals surface area contributed by atoms with Crippen LogP contribution in [0.2, 0.25) is 5.02 Å². The van der Waals surface area contributed by atoms with E-state index in [1.54, 1.807) is 26.6 Å². The Morgan fingerprint density at radius 2 is 1.88 bits per heavy atom. The van der Waals surface area contributed by atoms with Crippen LogP contribution in [-0.4, -0.2) is 43.5 Å². The summed E-state index contributed by atoms with van der Waals surface area (Å²) in [5.74, 6) is 2.10. The van der Waals surface area contributed by atoms with Crippen molar-refractivity contribution in [1.29, 1.82) is 5.26 Å². The van der Waals surface area contributed by atoms with Crippen LogP contribution in [0.1, 0.15) is 55.7 Å². The molecule has 1 aliphatic heterocycles. The molecule has 8 nitrogen and oxygen atoms in total. The van der Waals surface area contributed by atoms with Crippen LogP contribution >= 0.6 is 18.7 Å². The smallest absolute Gasteiger partial charge is 0.229 e. The molecule has 43 heavy (non-hydrogen) atoms. The number of ether oxygens (including phenoxy) is 1. The monoisotopic (exact) mass is 620 g/mol. The van der Waals surface area contributed by atoms with Gasteiger partial charge in [-0.05, 0) is 99.4 Å². The topological polar surface area (TPSA) is 103 Å². The summed E-state index contributed by atoms with van der Waals surface area (Å²) in [5, 5.41) is 16.9. The highest BCUT2D eigenvalue weighted by atomic mass is 35.5. The maximum Gasteiger partial charge on any atom is 0.229 e. The van der Waals surface area contributed by atoms with Gasteiger partial charge in [0.2, 0.25) is 5.95 Å². The predicted octanol–water partition coefficient (Wildman–Crippen LogP) is 7.96. The summed E-state index contributed by atoms with van der Waals surface area (Å²) in [5.41, 5.74) is 6.45. The molecular weight excluding hydrogens is 579 g/mol. The molecule has 0 radical (unpaired) electrons. The Bertz CT molecular complexity index is 1600. The summed E-state index contributed by atoms with van der Waals surface area (Å²) in [6.07, 6.45) is 7.85. The number of methoxy groups -OCH3 is 1. The summed E-state index contributed by atoms with van der Waals surface area (Å²) in [6.45, 7) is 11.8. The number of anilines is 5. The van der Waals surface area contributed by atoms with Crippen LogP contribution in [0, 0.1) is 36.5 Å². The number of hydrogen-bond donors (Lipinski definition) is 2. The first-order valence-electron chi connectivity index (χ1n) is 15.0. The number of nitrogens with one attached hydrogen (secondary N) is 2. The number of nitrogens with zero attached hydrogens (tertiary/aromatic N) is 4. The van der Waals surface area contributed by atoms with Crippen molar-refractivity contribution in [3.05, 3.63) is 52.2 Å². The van der Waals surface area contributed by atoms with Crippen molar-refractivity contribution in [2.75, 3.05) is 49.1 Å². The fourth-order valence-electron chi connectivity index (χ4n) is 6.89. The van der Waals surface area contributed by atoms with Crippen molar-refractivity contribution in [3.8, 4) is 11.8 Å². The van der Waals surface area contributed by atoms with E-state index in [0.717, 1.165) is 47.3 Å². The van der Waals surface area contributed by atoms with Gasteiger partial charge in [-0.1, -0.05) is 24.6 Å². The number of benzene rings is 2. The van der Waals surface area contributed by atoms with Crippen molar-refractivity contribution >= 4 is 52.9 Å². The van der Waals surface area contributed by atoms with Crippen molar-refractivity contribution in [1.82, 2.24) is 9.97 Å². The van der Waals surface area contributed by atoms with Crippen molar-refractivity contribution in [2.45, 2.75) is 59.3 Å². The van der Waals surface area contributed by atoms with Crippen LogP contribution in [0.3, 0.4) is 0 Å². The number of rotatable bonds is 9. The van der Waals surface area contributed by atoms with Gasteiger partial charge in [0.25, 0.3) is 0 Å². The lowest BCUT2D eigenvalue weighted by Gasteiger charge is -2.52. The highest BCUT2D eigenvalue weighted by Crippen LogP contribution is 2.54. The second-order valence-electron chi connectivity index (χ2n) is 12.6. The second kappa shape index (κ2) is 12.4. The summed E-state index contributed by atoms with van der Waals surface area (Å²) in [6, 6.07) is 10.5. The molecule has 3 aromatic rings. The molecule has 1 aliphatic carbocycles. The number of piperidine rings is 1. The van der Waals surface area contributed by atoms with Crippen LogP contribution < -0.4 is 25.6 Å². The van der Waals surface area contributed by atoms with Gasteiger partial charge in [-0.2, -0.15) is 10.2 Å².